The van der Waals surface area contributed by atoms with Gasteiger partial charge in [0.2, 0.25) is 0 Å². The predicted molar refractivity (Wildman–Crippen MR) is 102 cm³/mol. The van der Waals surface area contributed by atoms with E-state index in [4.69, 9.17) is 10.2 Å². The Morgan fingerprint density at radius 1 is 1.14 bits per heavy atom. The van der Waals surface area contributed by atoms with E-state index in [1.165, 1.54) is 0 Å². The molecule has 0 radical (unpaired) electrons. The van der Waals surface area contributed by atoms with E-state index < -0.39 is 0 Å². The third-order valence-electron chi connectivity index (χ3n) is 4.19. The Hall–Kier alpha value is -4.12. The monoisotopic (exact) mass is 369 g/mol. The molecular formula is C20H15N7O. The molecule has 28 heavy (non-hydrogen) atoms. The van der Waals surface area contributed by atoms with E-state index in [-0.39, 0.29) is 12.5 Å². The van der Waals surface area contributed by atoms with Gasteiger partial charge in [-0.25, -0.2) is 9.67 Å². The van der Waals surface area contributed by atoms with Crippen LogP contribution in [0.25, 0.3) is 22.3 Å². The average Bonchev–Trinajstić information content (AvgIpc) is 3.15. The van der Waals surface area contributed by atoms with Gasteiger partial charge in [-0.15, -0.1) is 0 Å². The van der Waals surface area contributed by atoms with E-state index in [1.807, 2.05) is 30.3 Å². The fourth-order valence-corrected chi connectivity index (χ4v) is 2.89. The summed E-state index contributed by atoms with van der Waals surface area (Å²) in [5, 5.41) is 16.4. The second-order valence-corrected chi connectivity index (χ2v) is 6.04. The lowest BCUT2D eigenvalue weighted by Gasteiger charge is -2.08. The van der Waals surface area contributed by atoms with Crippen LogP contribution in [0.2, 0.25) is 0 Å². The summed E-state index contributed by atoms with van der Waals surface area (Å²) in [5.41, 5.74) is 3.35. The molecule has 8 nitrogen and oxygen atoms in total. The van der Waals surface area contributed by atoms with Crippen LogP contribution in [0.3, 0.4) is 0 Å². The van der Waals surface area contributed by atoms with Crippen LogP contribution >= 0.6 is 0 Å². The van der Waals surface area contributed by atoms with Gasteiger partial charge >= 0.3 is 0 Å². The molecule has 0 saturated heterocycles. The van der Waals surface area contributed by atoms with Crippen molar-refractivity contribution in [3.8, 4) is 17.3 Å². The van der Waals surface area contributed by atoms with Gasteiger partial charge < -0.3 is 5.32 Å². The quantitative estimate of drug-likeness (QED) is 0.540. The van der Waals surface area contributed by atoms with Crippen LogP contribution < -0.4 is 5.32 Å². The molecule has 0 saturated carbocycles. The molecule has 0 aliphatic carbocycles. The first-order valence-electron chi connectivity index (χ1n) is 8.57. The number of fused-ring (bicyclic) bond motifs is 1. The van der Waals surface area contributed by atoms with Crippen molar-refractivity contribution in [1.29, 1.82) is 5.26 Å². The molecule has 0 unspecified atom stereocenters. The third-order valence-corrected chi connectivity index (χ3v) is 4.19. The Morgan fingerprint density at radius 3 is 2.68 bits per heavy atom. The van der Waals surface area contributed by atoms with Gasteiger partial charge in [0.25, 0.3) is 5.91 Å². The van der Waals surface area contributed by atoms with Gasteiger partial charge in [0.1, 0.15) is 6.54 Å². The number of aromatic nitrogens is 5. The van der Waals surface area contributed by atoms with Crippen LogP contribution in [-0.2, 0) is 6.54 Å². The molecule has 136 valence electrons. The van der Waals surface area contributed by atoms with E-state index >= 15 is 0 Å². The molecule has 0 bridgehead atoms. The topological polar surface area (TPSA) is 109 Å². The van der Waals surface area contributed by atoms with Gasteiger partial charge in [-0.1, -0.05) is 6.07 Å². The molecule has 4 rings (SSSR count). The van der Waals surface area contributed by atoms with E-state index in [1.54, 1.807) is 41.7 Å². The molecule has 1 amide bonds. The first-order valence-corrected chi connectivity index (χ1v) is 8.57. The van der Waals surface area contributed by atoms with Crippen molar-refractivity contribution in [2.45, 2.75) is 6.54 Å². The molecule has 0 aliphatic rings. The number of pyridine rings is 3. The minimum atomic E-state index is -0.347. The molecule has 4 heterocycles. The normalized spacial score (nSPS) is 10.5. The van der Waals surface area contributed by atoms with Crippen LogP contribution in [0.5, 0.6) is 0 Å². The van der Waals surface area contributed by atoms with Crippen LogP contribution in [-0.4, -0.2) is 37.2 Å². The molecule has 0 fully saturated rings. The highest BCUT2D eigenvalue weighted by Crippen LogP contribution is 2.25. The minimum Gasteiger partial charge on any atom is -0.339 e. The minimum absolute atomic E-state index is 0.0747. The van der Waals surface area contributed by atoms with Gasteiger partial charge in [0.15, 0.2) is 5.65 Å². The van der Waals surface area contributed by atoms with Gasteiger partial charge in [0.05, 0.1) is 35.5 Å². The van der Waals surface area contributed by atoms with Crippen molar-refractivity contribution >= 4 is 16.9 Å². The largest absolute Gasteiger partial charge is 0.339 e. The number of rotatable bonds is 5. The number of hydrogen-bond acceptors (Lipinski definition) is 6. The fraction of sp³-hybridized carbons (Fsp3) is 0.100. The molecule has 8 heteroatoms. The van der Waals surface area contributed by atoms with Crippen molar-refractivity contribution in [2.75, 3.05) is 6.54 Å². The smallest absolute Gasteiger partial charge is 0.252 e. The highest BCUT2D eigenvalue weighted by atomic mass is 16.1. The van der Waals surface area contributed by atoms with E-state index in [9.17, 15) is 4.79 Å². The molecule has 4 aromatic heterocycles. The zero-order valence-electron chi connectivity index (χ0n) is 14.8. The molecule has 0 atom stereocenters. The standard InChI is InChI=1S/C20H15N7O/c21-5-8-24-20(28)16-9-18(15-4-2-7-23-11-15)26-19-17(16)12-25-27(19)13-14-3-1-6-22-10-14/h1-4,6-7,9-12H,8,13H2,(H,24,28). The summed E-state index contributed by atoms with van der Waals surface area (Å²) in [7, 11) is 0. The molecule has 0 aromatic carbocycles. The zero-order valence-corrected chi connectivity index (χ0v) is 14.8. The van der Waals surface area contributed by atoms with Crippen molar-refractivity contribution in [3.05, 3.63) is 72.4 Å². The maximum atomic E-state index is 12.6. The van der Waals surface area contributed by atoms with Crippen molar-refractivity contribution in [1.82, 2.24) is 30.0 Å². The van der Waals surface area contributed by atoms with Gasteiger partial charge in [-0.2, -0.15) is 10.4 Å². The highest BCUT2D eigenvalue weighted by molar-refractivity contribution is 6.06. The molecule has 0 spiro atoms. The van der Waals surface area contributed by atoms with Gasteiger partial charge in [0, 0.05) is 30.4 Å². The Labute approximate surface area is 160 Å². The van der Waals surface area contributed by atoms with E-state index in [2.05, 4.69) is 20.4 Å². The molecule has 1 N–H and O–H groups in total. The molecular weight excluding hydrogens is 354 g/mol. The average molecular weight is 369 g/mol. The predicted octanol–water partition coefficient (Wildman–Crippen LogP) is 2.19. The Bertz CT molecular complexity index is 1160. The first kappa shape index (κ1) is 17.3. The fourth-order valence-electron chi connectivity index (χ4n) is 2.89. The van der Waals surface area contributed by atoms with Gasteiger partial charge in [-0.3, -0.25) is 14.8 Å². The van der Waals surface area contributed by atoms with Crippen LogP contribution in [0.15, 0.2) is 61.3 Å². The van der Waals surface area contributed by atoms with Crippen LogP contribution in [0.1, 0.15) is 15.9 Å². The number of nitriles is 1. The van der Waals surface area contributed by atoms with E-state index in [0.29, 0.717) is 28.8 Å². The highest BCUT2D eigenvalue weighted by Gasteiger charge is 2.17. The third kappa shape index (κ3) is 3.41. The SMILES string of the molecule is N#CCNC(=O)c1cc(-c2cccnc2)nc2c1cnn2Cc1cccnc1. The lowest BCUT2D eigenvalue weighted by atomic mass is 10.1. The lowest BCUT2D eigenvalue weighted by Crippen LogP contribution is -2.24. The van der Waals surface area contributed by atoms with Crippen molar-refractivity contribution in [3.63, 3.8) is 0 Å². The summed E-state index contributed by atoms with van der Waals surface area (Å²) in [4.78, 5) is 25.6. The summed E-state index contributed by atoms with van der Waals surface area (Å²) in [6.07, 6.45) is 8.45. The van der Waals surface area contributed by atoms with Crippen molar-refractivity contribution in [2.24, 2.45) is 0 Å². The van der Waals surface area contributed by atoms with Crippen LogP contribution in [0, 0.1) is 11.3 Å². The second-order valence-electron chi connectivity index (χ2n) is 6.04. The number of carbonyl (C=O) groups is 1. The summed E-state index contributed by atoms with van der Waals surface area (Å²) in [6, 6.07) is 11.1. The first-order chi connectivity index (χ1) is 13.8. The zero-order chi connectivity index (χ0) is 19.3. The van der Waals surface area contributed by atoms with Crippen molar-refractivity contribution < 1.29 is 4.79 Å². The summed E-state index contributed by atoms with van der Waals surface area (Å²) >= 11 is 0. The number of nitrogens with zero attached hydrogens (tertiary/aromatic N) is 6. The lowest BCUT2D eigenvalue weighted by molar-refractivity contribution is 0.0960. The summed E-state index contributed by atoms with van der Waals surface area (Å²) < 4.78 is 1.73. The van der Waals surface area contributed by atoms with E-state index in [0.717, 1.165) is 11.1 Å². The maximum absolute atomic E-state index is 12.6. The van der Waals surface area contributed by atoms with Gasteiger partial charge in [-0.05, 0) is 29.8 Å². The number of hydrogen-bond donors (Lipinski definition) is 1. The van der Waals surface area contributed by atoms with Crippen LogP contribution in [0.4, 0.5) is 0 Å². The molecule has 4 aromatic rings. The number of carbonyl (C=O) groups excluding carboxylic acids is 1. The number of amides is 1. The summed E-state index contributed by atoms with van der Waals surface area (Å²) in [6.45, 7) is 0.398. The maximum Gasteiger partial charge on any atom is 0.252 e. The Balaban J connectivity index is 1.85. The second kappa shape index (κ2) is 7.63. The molecule has 0 aliphatic heterocycles. The Morgan fingerprint density at radius 2 is 1.96 bits per heavy atom. The number of nitrogens with one attached hydrogen (secondary N) is 1. The Kier molecular flexibility index (Phi) is 4.72. The summed E-state index contributed by atoms with van der Waals surface area (Å²) in [5.74, 6) is -0.347.